The van der Waals surface area contributed by atoms with Crippen molar-refractivity contribution >= 4 is 29.7 Å². The van der Waals surface area contributed by atoms with Gasteiger partial charge in [-0.1, -0.05) is 34.1 Å². The van der Waals surface area contributed by atoms with E-state index in [4.69, 9.17) is 5.73 Å². The smallest absolute Gasteiger partial charge is 0.239 e. The lowest BCUT2D eigenvalue weighted by Gasteiger charge is -2.22. The molecule has 0 spiro atoms. The van der Waals surface area contributed by atoms with Crippen LogP contribution in [0.4, 0.5) is 0 Å². The van der Waals surface area contributed by atoms with Crippen LogP contribution < -0.4 is 11.1 Å². The number of nitrogens with two attached hydrogens (primary N) is 1. The summed E-state index contributed by atoms with van der Waals surface area (Å²) in [6.07, 6.45) is 2.36. The Morgan fingerprint density at radius 3 is 2.48 bits per heavy atom. The fraction of sp³-hybridized carbons (Fsp3) is 0.733. The standard InChI is InChI=1S/C15H27N3OS.ClH/c1-6-8-15(5,16)13(19)17-9-7-12-18-11(10-20-12)14(2,3)4;/h10H,6-9,16H2,1-5H3,(H,17,19);1H. The minimum atomic E-state index is -0.770. The SMILES string of the molecule is CCCC(C)(N)C(=O)NCCc1nc(C(C)(C)C)cs1.Cl. The molecule has 0 radical (unpaired) electrons. The second kappa shape index (κ2) is 8.11. The maximum Gasteiger partial charge on any atom is 0.239 e. The largest absolute Gasteiger partial charge is 0.354 e. The van der Waals surface area contributed by atoms with E-state index in [2.05, 4.69) is 36.5 Å². The second-order valence-electron chi connectivity index (χ2n) is 6.55. The summed E-state index contributed by atoms with van der Waals surface area (Å²) in [5, 5.41) is 6.07. The number of halogens is 1. The average molecular weight is 334 g/mol. The third-order valence-corrected chi connectivity index (χ3v) is 4.14. The molecule has 0 bridgehead atoms. The predicted octanol–water partition coefficient (Wildman–Crippen LogP) is 3.04. The molecular formula is C15H28ClN3OS. The summed E-state index contributed by atoms with van der Waals surface area (Å²) < 4.78 is 0. The number of nitrogens with one attached hydrogen (secondary N) is 1. The van der Waals surface area contributed by atoms with Gasteiger partial charge in [-0.3, -0.25) is 4.79 Å². The topological polar surface area (TPSA) is 68.0 Å². The van der Waals surface area contributed by atoms with Crippen molar-refractivity contribution in [3.63, 3.8) is 0 Å². The van der Waals surface area contributed by atoms with Crippen molar-refractivity contribution in [2.45, 2.75) is 64.8 Å². The molecule has 1 atom stereocenters. The quantitative estimate of drug-likeness (QED) is 0.840. The Morgan fingerprint density at radius 1 is 1.38 bits per heavy atom. The second-order valence-corrected chi connectivity index (χ2v) is 7.49. The van der Waals surface area contributed by atoms with Gasteiger partial charge >= 0.3 is 0 Å². The number of carbonyl (C=O) groups excluding carboxylic acids is 1. The molecule has 6 heteroatoms. The van der Waals surface area contributed by atoms with Crippen molar-refractivity contribution in [2.24, 2.45) is 5.73 Å². The van der Waals surface area contributed by atoms with Crippen LogP contribution in [0.25, 0.3) is 0 Å². The van der Waals surface area contributed by atoms with E-state index in [1.165, 1.54) is 0 Å². The van der Waals surface area contributed by atoms with Gasteiger partial charge in [0.1, 0.15) is 0 Å². The summed E-state index contributed by atoms with van der Waals surface area (Å²) in [6, 6.07) is 0. The monoisotopic (exact) mass is 333 g/mol. The van der Waals surface area contributed by atoms with Crippen molar-refractivity contribution in [3.05, 3.63) is 16.1 Å². The molecule has 1 unspecified atom stereocenters. The molecule has 0 aromatic carbocycles. The highest BCUT2D eigenvalue weighted by Crippen LogP contribution is 2.23. The van der Waals surface area contributed by atoms with Crippen molar-refractivity contribution in [3.8, 4) is 0 Å². The Hall–Kier alpha value is -0.650. The molecular weight excluding hydrogens is 306 g/mol. The predicted molar refractivity (Wildman–Crippen MR) is 92.3 cm³/mol. The molecule has 1 rings (SSSR count). The molecule has 0 saturated carbocycles. The molecule has 0 fully saturated rings. The van der Waals surface area contributed by atoms with Gasteiger partial charge in [0, 0.05) is 23.8 Å². The number of carbonyl (C=O) groups is 1. The maximum atomic E-state index is 12.0. The molecule has 0 aliphatic heterocycles. The van der Waals surface area contributed by atoms with Gasteiger partial charge in [-0.2, -0.15) is 0 Å². The van der Waals surface area contributed by atoms with Crippen LogP contribution in [0.3, 0.4) is 0 Å². The van der Waals surface area contributed by atoms with Gasteiger partial charge in [0.15, 0.2) is 0 Å². The third kappa shape index (κ3) is 6.32. The van der Waals surface area contributed by atoms with E-state index in [1.807, 2.05) is 6.92 Å². The lowest BCUT2D eigenvalue weighted by molar-refractivity contribution is -0.126. The van der Waals surface area contributed by atoms with Crippen LogP contribution in [0, 0.1) is 0 Å². The normalized spacial score (nSPS) is 14.2. The van der Waals surface area contributed by atoms with Gasteiger partial charge in [0.25, 0.3) is 0 Å². The van der Waals surface area contributed by atoms with Crippen LogP contribution in [0.15, 0.2) is 5.38 Å². The zero-order valence-electron chi connectivity index (χ0n) is 13.7. The summed E-state index contributed by atoms with van der Waals surface area (Å²) >= 11 is 1.65. The zero-order valence-corrected chi connectivity index (χ0v) is 15.3. The van der Waals surface area contributed by atoms with Crippen LogP contribution in [-0.2, 0) is 16.6 Å². The van der Waals surface area contributed by atoms with E-state index in [0.717, 1.165) is 23.5 Å². The molecule has 1 amide bonds. The third-order valence-electron chi connectivity index (χ3n) is 3.23. The molecule has 0 aliphatic carbocycles. The number of thiazole rings is 1. The van der Waals surface area contributed by atoms with E-state index < -0.39 is 5.54 Å². The summed E-state index contributed by atoms with van der Waals surface area (Å²) in [7, 11) is 0. The Morgan fingerprint density at radius 2 is 2.00 bits per heavy atom. The van der Waals surface area contributed by atoms with Crippen molar-refractivity contribution < 1.29 is 4.79 Å². The van der Waals surface area contributed by atoms with Gasteiger partial charge in [-0.25, -0.2) is 4.98 Å². The molecule has 0 aliphatic rings. The summed E-state index contributed by atoms with van der Waals surface area (Å²) in [5.74, 6) is -0.0769. The molecule has 0 saturated heterocycles. The summed E-state index contributed by atoms with van der Waals surface area (Å²) in [4.78, 5) is 16.6. The van der Waals surface area contributed by atoms with Gasteiger partial charge in [-0.05, 0) is 13.3 Å². The number of rotatable bonds is 6. The van der Waals surface area contributed by atoms with Crippen molar-refractivity contribution in [1.29, 1.82) is 0 Å². The number of hydrogen-bond acceptors (Lipinski definition) is 4. The number of amides is 1. The van der Waals surface area contributed by atoms with Gasteiger partial charge in [-0.15, -0.1) is 23.7 Å². The van der Waals surface area contributed by atoms with E-state index in [9.17, 15) is 4.79 Å². The minimum absolute atomic E-state index is 0. The van der Waals surface area contributed by atoms with E-state index >= 15 is 0 Å². The lowest BCUT2D eigenvalue weighted by atomic mass is 9.93. The Bertz CT molecular complexity index is 452. The zero-order chi connectivity index (χ0) is 15.4. The van der Waals surface area contributed by atoms with E-state index in [1.54, 1.807) is 18.3 Å². The Balaban J connectivity index is 0.00000400. The summed E-state index contributed by atoms with van der Waals surface area (Å²) in [5.41, 5.74) is 6.40. The molecule has 122 valence electrons. The van der Waals surface area contributed by atoms with Gasteiger partial charge in [0.2, 0.25) is 5.91 Å². The summed E-state index contributed by atoms with van der Waals surface area (Å²) in [6.45, 7) is 10.9. The van der Waals surface area contributed by atoms with E-state index in [-0.39, 0.29) is 23.7 Å². The number of aromatic nitrogens is 1. The maximum absolute atomic E-state index is 12.0. The van der Waals surface area contributed by atoms with Gasteiger partial charge < -0.3 is 11.1 Å². The molecule has 1 aromatic heterocycles. The first kappa shape index (κ1) is 20.3. The van der Waals surface area contributed by atoms with Crippen LogP contribution in [-0.4, -0.2) is 23.0 Å². The first-order valence-corrected chi connectivity index (χ1v) is 8.07. The minimum Gasteiger partial charge on any atom is -0.354 e. The average Bonchev–Trinajstić information content (AvgIpc) is 2.77. The fourth-order valence-corrected chi connectivity index (χ4v) is 2.91. The Kier molecular flexibility index (Phi) is 7.86. The lowest BCUT2D eigenvalue weighted by Crippen LogP contribution is -2.51. The number of nitrogens with zero attached hydrogens (tertiary/aromatic N) is 1. The fourth-order valence-electron chi connectivity index (χ4n) is 1.89. The highest BCUT2D eigenvalue weighted by Gasteiger charge is 2.26. The molecule has 21 heavy (non-hydrogen) atoms. The van der Waals surface area contributed by atoms with Crippen molar-refractivity contribution in [2.75, 3.05) is 6.54 Å². The highest BCUT2D eigenvalue weighted by atomic mass is 35.5. The Labute approximate surface area is 138 Å². The van der Waals surface area contributed by atoms with E-state index in [0.29, 0.717) is 13.0 Å². The molecule has 1 aromatic rings. The molecule has 1 heterocycles. The van der Waals surface area contributed by atoms with Crippen LogP contribution in [0.2, 0.25) is 0 Å². The molecule has 3 N–H and O–H groups in total. The highest BCUT2D eigenvalue weighted by molar-refractivity contribution is 7.09. The first-order chi connectivity index (χ1) is 9.16. The first-order valence-electron chi connectivity index (χ1n) is 7.19. The van der Waals surface area contributed by atoms with Crippen LogP contribution in [0.5, 0.6) is 0 Å². The van der Waals surface area contributed by atoms with Crippen molar-refractivity contribution in [1.82, 2.24) is 10.3 Å². The van der Waals surface area contributed by atoms with Crippen LogP contribution in [0.1, 0.15) is 58.2 Å². The van der Waals surface area contributed by atoms with Gasteiger partial charge in [0.05, 0.1) is 16.2 Å². The number of hydrogen-bond donors (Lipinski definition) is 2. The van der Waals surface area contributed by atoms with Crippen LogP contribution >= 0.6 is 23.7 Å². The molecule has 4 nitrogen and oxygen atoms in total.